The van der Waals surface area contributed by atoms with Gasteiger partial charge >= 0.3 is 0 Å². The van der Waals surface area contributed by atoms with Crippen molar-refractivity contribution in [1.82, 2.24) is 0 Å². The van der Waals surface area contributed by atoms with Crippen LogP contribution in [0.3, 0.4) is 0 Å². The molecule has 0 aromatic heterocycles. The van der Waals surface area contributed by atoms with Gasteiger partial charge in [0, 0.05) is 50.4 Å². The molecule has 17 bridgehead atoms. The van der Waals surface area contributed by atoms with Crippen molar-refractivity contribution in [3.63, 3.8) is 0 Å². The maximum Gasteiger partial charge on any atom is 0.172 e. The molecule has 0 amide bonds. The highest BCUT2D eigenvalue weighted by molar-refractivity contribution is 5.18. The molecule has 17 rings (SSSR count). The van der Waals surface area contributed by atoms with Gasteiger partial charge in [0.15, 0.2) is 11.6 Å². The minimum Gasteiger partial charge on any atom is -0.393 e. The van der Waals surface area contributed by atoms with E-state index >= 15 is 0 Å². The Balaban J connectivity index is 0.000000176. The molecule has 10 unspecified atom stereocenters. The second-order valence-electron chi connectivity index (χ2n) is 36.4. The molecule has 16 saturated heterocycles. The van der Waals surface area contributed by atoms with Crippen LogP contribution < -0.4 is 0 Å². The Morgan fingerprint density at radius 3 is 1.92 bits per heavy atom. The minimum absolute atomic E-state index is 0.0146. The van der Waals surface area contributed by atoms with Gasteiger partial charge in [0.25, 0.3) is 0 Å². The third kappa shape index (κ3) is 16.4. The van der Waals surface area contributed by atoms with Crippen molar-refractivity contribution in [3.8, 4) is 0 Å². The first-order valence-electron chi connectivity index (χ1n) is 42.1. The van der Waals surface area contributed by atoms with Gasteiger partial charge in [-0.25, -0.2) is 0 Å². The first-order chi connectivity index (χ1) is 49.9. The van der Waals surface area contributed by atoms with Crippen LogP contribution in [0.25, 0.3) is 0 Å². The highest BCUT2D eigenvalue weighted by Gasteiger charge is 2.69. The van der Waals surface area contributed by atoms with Crippen LogP contribution in [0.1, 0.15) is 236 Å². The van der Waals surface area contributed by atoms with Crippen molar-refractivity contribution in [1.29, 1.82) is 0 Å². The fourth-order valence-electron chi connectivity index (χ4n) is 22.1. The Morgan fingerprint density at radius 2 is 1.17 bits per heavy atom. The number of rotatable bonds is 20. The summed E-state index contributed by atoms with van der Waals surface area (Å²) in [5.74, 6) is 2.37. The maximum absolute atomic E-state index is 11.5. The van der Waals surface area contributed by atoms with Gasteiger partial charge in [-0.3, -0.25) is 0 Å². The summed E-state index contributed by atoms with van der Waals surface area (Å²) in [7, 11) is 0. The van der Waals surface area contributed by atoms with Crippen molar-refractivity contribution in [2.24, 2.45) is 59.2 Å². The summed E-state index contributed by atoms with van der Waals surface area (Å²) in [6.07, 6.45) is 30.4. The zero-order chi connectivity index (χ0) is 73.2. The number of hydrogen-bond acceptors (Lipinski definition) is 16. The van der Waals surface area contributed by atoms with Gasteiger partial charge in [-0.1, -0.05) is 133 Å². The van der Waals surface area contributed by atoms with E-state index < -0.39 is 23.8 Å². The molecule has 16 fully saturated rings. The van der Waals surface area contributed by atoms with E-state index in [9.17, 15) is 10.2 Å². The van der Waals surface area contributed by atoms with E-state index in [-0.39, 0.29) is 170 Å². The Hall–Kier alpha value is -2.46. The second kappa shape index (κ2) is 33.1. The van der Waals surface area contributed by atoms with E-state index in [4.69, 9.17) is 66.3 Å². The lowest BCUT2D eigenvalue weighted by Gasteiger charge is -2.42. The molecule has 2 N–H and O–H groups in total. The molecular formula is C88H136O16. The normalized spacial score (nSPS) is 50.0. The van der Waals surface area contributed by atoms with Crippen LogP contribution >= 0.6 is 0 Å². The standard InChI is InChI=1S/C45H70O8.C43H66O8/c1-10-13-31(46)22-34-29(8)37(19-25(4)12-3)49-39(34)23-38-28(7)26(5)20-32(48-38)15-16-35-27(6)21-33(47-35)17-18-45-24-40-42(53-45)44-43(51-40)41(52-45)30(9)36(50-44)14-11-2;1-8-23(2)17-35-27(6)32-20-29(44)11-9-10-12-34-28(7)39-41-42(48-34)40-38(49-41)22-43(50-39,51-40)16-15-31-19-25(4)33(45-31)14-13-30-18-24(3)26(5)36(46-30)21-37(32)47-35/h10-11,25-26,29-44,46H,1-2,6-7,12-24H2,3-5,8-9H3;9-10,23-24,27-42,44H,4-5,8,11-22H2,1-3,6-7H3/b;10-9+/t25-,26-,29-,30?,31?,32?,33?,34-,35+,36+,37-,38-,39?,40-,41+,42+,43+,44+,45-;23-,24-,27-,28?,29?,30?,31?,32-,33+,34+,35-,36-,37?,38-,39+,40+,41+,42+,43-/m11/s1. The van der Waals surface area contributed by atoms with Gasteiger partial charge in [-0.15, -0.1) is 13.2 Å². The summed E-state index contributed by atoms with van der Waals surface area (Å²) in [4.78, 5) is 0. The van der Waals surface area contributed by atoms with Crippen molar-refractivity contribution < 1.29 is 76.5 Å². The quantitative estimate of drug-likeness (QED) is 0.110. The van der Waals surface area contributed by atoms with Crippen LogP contribution in [-0.2, 0) is 66.3 Å². The largest absolute Gasteiger partial charge is 0.393 e. The molecule has 17 aliphatic heterocycles. The van der Waals surface area contributed by atoms with Gasteiger partial charge in [0.1, 0.15) is 36.6 Å². The Bertz CT molecular complexity index is 3010. The summed E-state index contributed by atoms with van der Waals surface area (Å²) in [5, 5.41) is 22.3. The third-order valence-electron chi connectivity index (χ3n) is 29.1. The SMILES string of the molecule is C=C1CC2CC[C@@]34C[C@H]5O[C@@H]6[C@@H](O[C@@H](C/C=C/CC(O)C[C@H]7C(C[C@H]8OC(CC[C@@H]1O2)C[C@@H](C)C8=C)O[C@H](C[C@H](C)CC)[C@@H]7C)C(C)[C@@H]6O3)[C@H]5O4.C=CCC(O)C[C@H]1C(C[C@H]2OC(CC[C@@H]3OC(CC[C@@]45C[C@H]6O[C@@H]7[C@@H](O[C@@H](CC=C)C(C)[C@@H]7O4)[C@H]6O5)CC3=C)C[C@@H](C)C2=C)O[C@H](C[C@H](C)CC)[C@@H]1C. The van der Waals surface area contributed by atoms with Crippen molar-refractivity contribution in [2.75, 3.05) is 0 Å². The van der Waals surface area contributed by atoms with Gasteiger partial charge in [0.05, 0.1) is 122 Å². The lowest BCUT2D eigenvalue weighted by molar-refractivity contribution is -0.263. The fourth-order valence-corrected chi connectivity index (χ4v) is 22.1. The maximum atomic E-state index is 11.5. The molecule has 0 aromatic carbocycles. The van der Waals surface area contributed by atoms with Crippen LogP contribution in [0.5, 0.6) is 0 Å². The van der Waals surface area contributed by atoms with E-state index in [1.54, 1.807) is 0 Å². The van der Waals surface area contributed by atoms with Crippen molar-refractivity contribution in [2.45, 2.75) is 406 Å². The Morgan fingerprint density at radius 1 is 0.519 bits per heavy atom. The van der Waals surface area contributed by atoms with Crippen LogP contribution in [0.4, 0.5) is 0 Å². The number of fused-ring (bicyclic) bond motifs is 6. The van der Waals surface area contributed by atoms with Gasteiger partial charge in [-0.05, 0) is 185 Å². The summed E-state index contributed by atoms with van der Waals surface area (Å²) >= 11 is 0. The molecule has 0 aliphatic carbocycles. The van der Waals surface area contributed by atoms with Gasteiger partial charge < -0.3 is 76.5 Å². The van der Waals surface area contributed by atoms with Crippen LogP contribution in [0, 0.1) is 59.2 Å². The minimum atomic E-state index is -0.650. The van der Waals surface area contributed by atoms with Crippen molar-refractivity contribution in [3.05, 3.63) is 86.1 Å². The van der Waals surface area contributed by atoms with Crippen LogP contribution in [0.2, 0.25) is 0 Å². The summed E-state index contributed by atoms with van der Waals surface area (Å²) in [6, 6.07) is 0. The van der Waals surface area contributed by atoms with E-state index in [1.807, 2.05) is 12.2 Å². The van der Waals surface area contributed by atoms with Gasteiger partial charge in [-0.2, -0.15) is 0 Å². The molecule has 0 saturated carbocycles. The van der Waals surface area contributed by atoms with E-state index in [2.05, 4.69) is 121 Å². The average molecular weight is 1450 g/mol. The third-order valence-corrected chi connectivity index (χ3v) is 29.1. The number of aliphatic hydroxyl groups excluding tert-OH is 2. The zero-order valence-electron chi connectivity index (χ0n) is 65.3. The predicted octanol–water partition coefficient (Wildman–Crippen LogP) is 16.0. The Labute approximate surface area is 625 Å². The lowest BCUT2D eigenvalue weighted by Crippen LogP contribution is -2.54. The Kier molecular flexibility index (Phi) is 24.9. The summed E-state index contributed by atoms with van der Waals surface area (Å²) in [5.41, 5.74) is 4.74. The first-order valence-corrected chi connectivity index (χ1v) is 42.1. The zero-order valence-corrected chi connectivity index (χ0v) is 65.3. The van der Waals surface area contributed by atoms with E-state index in [0.29, 0.717) is 48.3 Å². The number of ether oxygens (including phenoxy) is 14. The van der Waals surface area contributed by atoms with E-state index in [0.717, 1.165) is 154 Å². The first kappa shape index (κ1) is 78.2. The second-order valence-corrected chi connectivity index (χ2v) is 36.4. The summed E-state index contributed by atoms with van der Waals surface area (Å²) < 4.78 is 94.7. The molecule has 584 valence electrons. The molecule has 0 aromatic rings. The van der Waals surface area contributed by atoms with E-state index in [1.165, 1.54) is 22.3 Å². The number of hydrogen-bond donors (Lipinski definition) is 2. The monoisotopic (exact) mass is 1450 g/mol. The molecule has 17 aliphatic rings. The highest BCUT2D eigenvalue weighted by Crippen LogP contribution is 2.57. The molecule has 1 spiro atoms. The fraction of sp³-hybridized carbons (Fsp3) is 0.841. The smallest absolute Gasteiger partial charge is 0.172 e. The van der Waals surface area contributed by atoms with Gasteiger partial charge in [0.2, 0.25) is 0 Å². The van der Waals surface area contributed by atoms with Crippen molar-refractivity contribution >= 4 is 0 Å². The molecular weight excluding hydrogens is 1310 g/mol. The molecule has 104 heavy (non-hydrogen) atoms. The van der Waals surface area contributed by atoms with Crippen LogP contribution in [-0.4, -0.2) is 180 Å². The topological polar surface area (TPSA) is 170 Å². The molecule has 17 heterocycles. The average Bonchev–Trinajstić information content (AvgIpc) is 1.56. The number of aliphatic hydroxyl groups is 2. The molecule has 16 nitrogen and oxygen atoms in total. The highest BCUT2D eigenvalue weighted by atomic mass is 16.8. The van der Waals surface area contributed by atoms with Crippen LogP contribution in [0.15, 0.2) is 86.1 Å². The summed E-state index contributed by atoms with van der Waals surface area (Å²) in [6.45, 7) is 48.7. The molecule has 16 heteroatoms. The predicted molar refractivity (Wildman–Crippen MR) is 401 cm³/mol. The molecule has 38 atom stereocenters. The lowest BCUT2D eigenvalue weighted by atomic mass is 9.78. The molecule has 0 radical (unpaired) electrons.